The first-order chi connectivity index (χ1) is 15.0. The van der Waals surface area contributed by atoms with Gasteiger partial charge in [-0.05, 0) is 36.1 Å². The molecule has 1 atom stereocenters. The lowest BCUT2D eigenvalue weighted by molar-refractivity contribution is -0.127. The molecule has 1 aromatic heterocycles. The zero-order chi connectivity index (χ0) is 23.7. The number of halogens is 5. The highest BCUT2D eigenvalue weighted by Gasteiger charge is 2.29. The van der Waals surface area contributed by atoms with Gasteiger partial charge in [-0.3, -0.25) is 4.79 Å². The number of fused-ring (bicyclic) bond motifs is 1. The van der Waals surface area contributed by atoms with Crippen LogP contribution in [-0.2, 0) is 11.3 Å². The molecule has 0 bridgehead atoms. The Hall–Kier alpha value is -3.43. The van der Waals surface area contributed by atoms with Crippen LogP contribution in [0.5, 0.6) is 5.75 Å². The van der Waals surface area contributed by atoms with Gasteiger partial charge in [0.2, 0.25) is 29.1 Å². The molecular weight excluding hydrogens is 437 g/mol. The molecule has 1 heterocycles. The van der Waals surface area contributed by atoms with E-state index in [-0.39, 0.29) is 12.5 Å². The Morgan fingerprint density at radius 3 is 2.16 bits per heavy atom. The maximum Gasteiger partial charge on any atom is 0.336 e. The Balaban J connectivity index is 1.81. The standard InChI is InChI=1S/C22H18F5NO4/c1-9(2)11-4-5-14-13(6-11)12(7-15(29)32-14)8-28-22(30)10(3)31-21-19(26)17(24)16(23)18(25)20(21)27/h4-7,9-10H,8H2,1-3H3,(H,28,30). The van der Waals surface area contributed by atoms with Crippen LogP contribution in [-0.4, -0.2) is 12.0 Å². The molecule has 2 aromatic carbocycles. The highest BCUT2D eigenvalue weighted by atomic mass is 19.2. The summed E-state index contributed by atoms with van der Waals surface area (Å²) in [6.07, 6.45) is -1.61. The zero-order valence-electron chi connectivity index (χ0n) is 17.2. The van der Waals surface area contributed by atoms with Gasteiger partial charge in [0.15, 0.2) is 11.9 Å². The van der Waals surface area contributed by atoms with Crippen molar-refractivity contribution in [2.45, 2.75) is 39.3 Å². The van der Waals surface area contributed by atoms with Crippen LogP contribution in [0.4, 0.5) is 22.0 Å². The molecule has 1 amide bonds. The van der Waals surface area contributed by atoms with Crippen LogP contribution < -0.4 is 15.7 Å². The van der Waals surface area contributed by atoms with Gasteiger partial charge in [-0.25, -0.2) is 18.0 Å². The summed E-state index contributed by atoms with van der Waals surface area (Å²) >= 11 is 0. The molecule has 32 heavy (non-hydrogen) atoms. The van der Waals surface area contributed by atoms with Crippen molar-refractivity contribution in [3.8, 4) is 5.75 Å². The number of rotatable bonds is 6. The van der Waals surface area contributed by atoms with Gasteiger partial charge in [0.25, 0.3) is 5.91 Å². The minimum atomic E-state index is -2.33. The SMILES string of the molecule is CC(Oc1c(F)c(F)c(F)c(F)c1F)C(=O)NCc1cc(=O)oc2ccc(C(C)C)cc12. The van der Waals surface area contributed by atoms with Crippen LogP contribution in [0.1, 0.15) is 37.8 Å². The van der Waals surface area contributed by atoms with Gasteiger partial charge in [-0.1, -0.05) is 19.9 Å². The van der Waals surface area contributed by atoms with E-state index in [1.165, 1.54) is 6.07 Å². The smallest absolute Gasteiger partial charge is 0.336 e. The highest BCUT2D eigenvalue weighted by Crippen LogP contribution is 2.30. The van der Waals surface area contributed by atoms with Gasteiger partial charge in [-0.15, -0.1) is 0 Å². The fraction of sp³-hybridized carbons (Fsp3) is 0.273. The number of amides is 1. The molecule has 0 saturated carbocycles. The number of ether oxygens (including phenoxy) is 1. The molecule has 0 spiro atoms. The zero-order valence-corrected chi connectivity index (χ0v) is 17.2. The molecule has 0 fully saturated rings. The molecule has 3 aromatic rings. The molecule has 5 nitrogen and oxygen atoms in total. The average Bonchev–Trinajstić information content (AvgIpc) is 2.76. The molecule has 0 aliphatic carbocycles. The largest absolute Gasteiger partial charge is 0.475 e. The van der Waals surface area contributed by atoms with Crippen LogP contribution in [0.3, 0.4) is 0 Å². The van der Waals surface area contributed by atoms with E-state index < -0.39 is 52.5 Å². The van der Waals surface area contributed by atoms with Crippen LogP contribution >= 0.6 is 0 Å². The van der Waals surface area contributed by atoms with Gasteiger partial charge in [0.05, 0.1) is 0 Å². The number of hydrogen-bond acceptors (Lipinski definition) is 4. The molecule has 1 N–H and O–H groups in total. The normalized spacial score (nSPS) is 12.3. The Kier molecular flexibility index (Phi) is 6.52. The van der Waals surface area contributed by atoms with E-state index in [0.29, 0.717) is 16.5 Å². The van der Waals surface area contributed by atoms with Gasteiger partial charge < -0.3 is 14.5 Å². The van der Waals surface area contributed by atoms with E-state index in [1.54, 1.807) is 18.2 Å². The van der Waals surface area contributed by atoms with Gasteiger partial charge in [0, 0.05) is 18.0 Å². The fourth-order valence-electron chi connectivity index (χ4n) is 3.00. The number of carbonyl (C=O) groups excluding carboxylic acids is 1. The van der Waals surface area contributed by atoms with Crippen LogP contribution in [0.25, 0.3) is 11.0 Å². The summed E-state index contributed by atoms with van der Waals surface area (Å²) in [7, 11) is 0. The number of benzene rings is 2. The summed E-state index contributed by atoms with van der Waals surface area (Å²) in [6, 6.07) is 6.42. The quantitative estimate of drug-likeness (QED) is 0.253. The fourth-order valence-corrected chi connectivity index (χ4v) is 3.00. The highest BCUT2D eigenvalue weighted by molar-refractivity contribution is 5.83. The molecule has 1 unspecified atom stereocenters. The molecule has 0 saturated heterocycles. The first kappa shape index (κ1) is 23.2. The van der Waals surface area contributed by atoms with E-state index >= 15 is 0 Å². The van der Waals surface area contributed by atoms with Crippen molar-refractivity contribution in [2.75, 3.05) is 0 Å². The molecule has 170 valence electrons. The summed E-state index contributed by atoms with van der Waals surface area (Å²) in [5.41, 5.74) is 1.03. The first-order valence-corrected chi connectivity index (χ1v) is 9.53. The van der Waals surface area contributed by atoms with Crippen LogP contribution in [0, 0.1) is 29.1 Å². The second-order valence-electron chi connectivity index (χ2n) is 7.38. The average molecular weight is 455 g/mol. The summed E-state index contributed by atoms with van der Waals surface area (Å²) < 4.78 is 77.2. The van der Waals surface area contributed by atoms with Gasteiger partial charge in [-0.2, -0.15) is 8.78 Å². The van der Waals surface area contributed by atoms with Crippen molar-refractivity contribution in [1.29, 1.82) is 0 Å². The van der Waals surface area contributed by atoms with E-state index in [0.717, 1.165) is 12.5 Å². The molecule has 0 aliphatic rings. The lowest BCUT2D eigenvalue weighted by Gasteiger charge is -2.17. The van der Waals surface area contributed by atoms with E-state index in [4.69, 9.17) is 9.15 Å². The molecular formula is C22H18F5NO4. The lowest BCUT2D eigenvalue weighted by Crippen LogP contribution is -2.36. The molecule has 10 heteroatoms. The van der Waals surface area contributed by atoms with Crippen molar-refractivity contribution in [2.24, 2.45) is 0 Å². The van der Waals surface area contributed by atoms with Crippen LogP contribution in [0.2, 0.25) is 0 Å². The van der Waals surface area contributed by atoms with Crippen molar-refractivity contribution in [3.05, 3.63) is 74.9 Å². The van der Waals surface area contributed by atoms with Crippen molar-refractivity contribution >= 4 is 16.9 Å². The monoisotopic (exact) mass is 455 g/mol. The predicted octanol–water partition coefficient (Wildman–Crippen LogP) is 4.70. The molecule has 3 rings (SSSR count). The second-order valence-corrected chi connectivity index (χ2v) is 7.38. The number of carbonyl (C=O) groups is 1. The van der Waals surface area contributed by atoms with Crippen molar-refractivity contribution < 1.29 is 35.9 Å². The topological polar surface area (TPSA) is 68.5 Å². The maximum absolute atomic E-state index is 13.8. The summed E-state index contributed by atoms with van der Waals surface area (Å²) in [5, 5.41) is 2.99. The van der Waals surface area contributed by atoms with Crippen molar-refractivity contribution in [3.63, 3.8) is 0 Å². The number of hydrogen-bond donors (Lipinski definition) is 1. The van der Waals surface area contributed by atoms with Gasteiger partial charge >= 0.3 is 5.63 Å². The van der Waals surface area contributed by atoms with E-state index in [1.807, 2.05) is 13.8 Å². The lowest BCUT2D eigenvalue weighted by atomic mass is 9.99. The van der Waals surface area contributed by atoms with Crippen molar-refractivity contribution in [1.82, 2.24) is 5.32 Å². The Morgan fingerprint density at radius 2 is 1.56 bits per heavy atom. The molecule has 0 aliphatic heterocycles. The van der Waals surface area contributed by atoms with Gasteiger partial charge in [0.1, 0.15) is 5.58 Å². The third-order valence-corrected chi connectivity index (χ3v) is 4.81. The first-order valence-electron chi connectivity index (χ1n) is 9.53. The van der Waals surface area contributed by atoms with E-state index in [9.17, 15) is 31.5 Å². The predicted molar refractivity (Wildman–Crippen MR) is 105 cm³/mol. The second kappa shape index (κ2) is 8.97. The summed E-state index contributed by atoms with van der Waals surface area (Å²) in [4.78, 5) is 24.2. The Bertz CT molecular complexity index is 1230. The summed E-state index contributed by atoms with van der Waals surface area (Å²) in [6.45, 7) is 4.84. The maximum atomic E-state index is 13.8. The van der Waals surface area contributed by atoms with Crippen LogP contribution in [0.15, 0.2) is 33.5 Å². The minimum absolute atomic E-state index is 0.173. The third-order valence-electron chi connectivity index (χ3n) is 4.81. The third kappa shape index (κ3) is 4.44. The Labute approximate surface area is 178 Å². The molecule has 0 radical (unpaired) electrons. The number of nitrogens with one attached hydrogen (secondary N) is 1. The minimum Gasteiger partial charge on any atom is -0.475 e. The van der Waals surface area contributed by atoms with E-state index in [2.05, 4.69) is 5.32 Å². The Morgan fingerprint density at radius 1 is 0.969 bits per heavy atom. The summed E-state index contributed by atoms with van der Waals surface area (Å²) in [5.74, 6) is -13.4.